The van der Waals surface area contributed by atoms with Gasteiger partial charge in [0.15, 0.2) is 5.82 Å². The number of aromatic nitrogens is 2. The fourth-order valence-corrected chi connectivity index (χ4v) is 3.64. The van der Waals surface area contributed by atoms with Gasteiger partial charge in [-0.3, -0.25) is 0 Å². The molecule has 22 heavy (non-hydrogen) atoms. The lowest BCUT2D eigenvalue weighted by Gasteiger charge is -2.14. The molecule has 1 heterocycles. The molecule has 1 unspecified atom stereocenters. The second-order valence-corrected chi connectivity index (χ2v) is 6.80. The van der Waals surface area contributed by atoms with Crippen LogP contribution in [0.5, 0.6) is 0 Å². The molecule has 1 N–H and O–H groups in total. The first-order chi connectivity index (χ1) is 10.6. The quantitative estimate of drug-likeness (QED) is 0.608. The zero-order valence-electron chi connectivity index (χ0n) is 11.8. The highest BCUT2D eigenvalue weighted by Gasteiger charge is 2.13. The minimum absolute atomic E-state index is 0.127. The highest BCUT2D eigenvalue weighted by atomic mass is 79.9. The van der Waals surface area contributed by atoms with E-state index in [2.05, 4.69) is 43.6 Å². The van der Waals surface area contributed by atoms with Gasteiger partial charge in [0.05, 0.1) is 11.1 Å². The lowest BCUT2D eigenvalue weighted by Crippen LogP contribution is -2.06. The average molecular weight is 395 g/mol. The summed E-state index contributed by atoms with van der Waals surface area (Å²) in [6.07, 6.45) is 0. The van der Waals surface area contributed by atoms with Crippen molar-refractivity contribution in [2.24, 2.45) is 0 Å². The van der Waals surface area contributed by atoms with Crippen molar-refractivity contribution >= 4 is 44.2 Å². The molecule has 2 aromatic carbocycles. The van der Waals surface area contributed by atoms with Crippen molar-refractivity contribution in [3.05, 3.63) is 63.6 Å². The third kappa shape index (κ3) is 3.32. The fourth-order valence-electron chi connectivity index (χ4n) is 2.12. The first kappa shape index (κ1) is 15.5. The number of anilines is 1. The predicted octanol–water partition coefficient (Wildman–Crippen LogP) is 5.79. The number of rotatable bonds is 4. The van der Waals surface area contributed by atoms with Gasteiger partial charge in [-0.1, -0.05) is 57.9 Å². The Bertz CT molecular complexity index is 790. The van der Waals surface area contributed by atoms with Crippen molar-refractivity contribution < 1.29 is 0 Å². The molecular weight excluding hydrogens is 382 g/mol. The predicted molar refractivity (Wildman–Crippen MR) is 96.5 cm³/mol. The van der Waals surface area contributed by atoms with E-state index >= 15 is 0 Å². The van der Waals surface area contributed by atoms with Crippen LogP contribution in [0.2, 0.25) is 5.02 Å². The van der Waals surface area contributed by atoms with Crippen LogP contribution >= 0.6 is 39.1 Å². The minimum Gasteiger partial charge on any atom is -0.354 e. The summed E-state index contributed by atoms with van der Waals surface area (Å²) in [5.41, 5.74) is 2.03. The molecule has 0 saturated heterocycles. The number of nitrogens with one attached hydrogen (secondary N) is 1. The molecule has 0 aliphatic rings. The second kappa shape index (κ2) is 6.77. The van der Waals surface area contributed by atoms with Crippen LogP contribution in [0.25, 0.3) is 11.4 Å². The smallest absolute Gasteiger partial charge is 0.203 e. The molecule has 1 atom stereocenters. The van der Waals surface area contributed by atoms with Gasteiger partial charge in [0.1, 0.15) is 0 Å². The third-order valence-corrected chi connectivity index (χ3v) is 4.95. The van der Waals surface area contributed by atoms with E-state index in [4.69, 9.17) is 11.6 Å². The number of hydrogen-bond acceptors (Lipinski definition) is 4. The molecule has 0 aliphatic heterocycles. The summed E-state index contributed by atoms with van der Waals surface area (Å²) in [5.74, 6) is 0.650. The zero-order valence-corrected chi connectivity index (χ0v) is 14.9. The highest BCUT2D eigenvalue weighted by Crippen LogP contribution is 2.30. The van der Waals surface area contributed by atoms with Gasteiger partial charge >= 0.3 is 0 Å². The van der Waals surface area contributed by atoms with Crippen molar-refractivity contribution in [1.82, 2.24) is 9.36 Å². The Hall–Kier alpha value is -1.43. The van der Waals surface area contributed by atoms with E-state index < -0.39 is 0 Å². The summed E-state index contributed by atoms with van der Waals surface area (Å²) in [7, 11) is 0. The van der Waals surface area contributed by atoms with Crippen LogP contribution in [0.1, 0.15) is 18.5 Å². The van der Waals surface area contributed by atoms with Gasteiger partial charge in [0, 0.05) is 21.6 Å². The van der Waals surface area contributed by atoms with Crippen molar-refractivity contribution in [3.8, 4) is 11.4 Å². The molecule has 0 fully saturated rings. The monoisotopic (exact) mass is 393 g/mol. The molecule has 3 nitrogen and oxygen atoms in total. The first-order valence-corrected chi connectivity index (χ1v) is 8.69. The van der Waals surface area contributed by atoms with Crippen molar-refractivity contribution in [3.63, 3.8) is 0 Å². The van der Waals surface area contributed by atoms with Crippen LogP contribution in [0, 0.1) is 0 Å². The van der Waals surface area contributed by atoms with Crippen LogP contribution < -0.4 is 5.32 Å². The van der Waals surface area contributed by atoms with Gasteiger partial charge < -0.3 is 5.32 Å². The van der Waals surface area contributed by atoms with Crippen LogP contribution in [-0.4, -0.2) is 9.36 Å². The fraction of sp³-hybridized carbons (Fsp3) is 0.125. The van der Waals surface area contributed by atoms with E-state index in [-0.39, 0.29) is 6.04 Å². The highest BCUT2D eigenvalue weighted by molar-refractivity contribution is 9.10. The Kier molecular flexibility index (Phi) is 4.76. The maximum absolute atomic E-state index is 6.19. The summed E-state index contributed by atoms with van der Waals surface area (Å²) < 4.78 is 5.46. The molecule has 0 radical (unpaired) electrons. The summed E-state index contributed by atoms with van der Waals surface area (Å²) in [5, 5.41) is 4.81. The minimum atomic E-state index is 0.127. The van der Waals surface area contributed by atoms with Crippen molar-refractivity contribution in [1.29, 1.82) is 0 Å². The third-order valence-electron chi connectivity index (χ3n) is 3.25. The molecule has 112 valence electrons. The Balaban J connectivity index is 1.80. The summed E-state index contributed by atoms with van der Waals surface area (Å²) >= 11 is 11.1. The number of nitrogens with zero attached hydrogens (tertiary/aromatic N) is 2. The van der Waals surface area contributed by atoms with E-state index in [0.717, 1.165) is 15.2 Å². The zero-order chi connectivity index (χ0) is 15.5. The molecule has 0 saturated carbocycles. The van der Waals surface area contributed by atoms with Gasteiger partial charge in [0.2, 0.25) is 5.13 Å². The van der Waals surface area contributed by atoms with Gasteiger partial charge in [-0.2, -0.15) is 9.36 Å². The van der Waals surface area contributed by atoms with Crippen LogP contribution in [0.3, 0.4) is 0 Å². The Morgan fingerprint density at radius 3 is 2.64 bits per heavy atom. The van der Waals surface area contributed by atoms with Crippen LogP contribution in [0.15, 0.2) is 53.0 Å². The molecule has 3 aromatic rings. The summed E-state index contributed by atoms with van der Waals surface area (Å²) in [4.78, 5) is 4.53. The summed E-state index contributed by atoms with van der Waals surface area (Å²) in [6, 6.07) is 15.9. The molecule has 0 amide bonds. The molecule has 0 aliphatic carbocycles. The van der Waals surface area contributed by atoms with Gasteiger partial charge in [-0.15, -0.1) is 0 Å². The Labute approximate surface area is 146 Å². The Morgan fingerprint density at radius 2 is 1.86 bits per heavy atom. The van der Waals surface area contributed by atoms with Crippen molar-refractivity contribution in [2.45, 2.75) is 13.0 Å². The second-order valence-electron chi connectivity index (χ2n) is 4.79. The van der Waals surface area contributed by atoms with E-state index in [0.29, 0.717) is 10.8 Å². The Morgan fingerprint density at radius 1 is 1.14 bits per heavy atom. The van der Waals surface area contributed by atoms with Gasteiger partial charge in [-0.05, 0) is 30.7 Å². The van der Waals surface area contributed by atoms with E-state index in [1.807, 2.05) is 42.5 Å². The lowest BCUT2D eigenvalue weighted by molar-refractivity contribution is 0.876. The topological polar surface area (TPSA) is 37.8 Å². The van der Waals surface area contributed by atoms with Gasteiger partial charge in [0.25, 0.3) is 0 Å². The normalized spacial score (nSPS) is 12.1. The van der Waals surface area contributed by atoms with Crippen LogP contribution in [-0.2, 0) is 0 Å². The molecule has 1 aromatic heterocycles. The maximum Gasteiger partial charge on any atom is 0.203 e. The average Bonchev–Trinajstić information content (AvgIpc) is 2.96. The van der Waals surface area contributed by atoms with E-state index in [9.17, 15) is 0 Å². The number of benzene rings is 2. The van der Waals surface area contributed by atoms with E-state index in [1.165, 1.54) is 17.1 Å². The number of hydrogen-bond donors (Lipinski definition) is 1. The molecular formula is C16H13BrClN3S. The van der Waals surface area contributed by atoms with Crippen LogP contribution in [0.4, 0.5) is 5.13 Å². The lowest BCUT2D eigenvalue weighted by atomic mass is 10.1. The van der Waals surface area contributed by atoms with Gasteiger partial charge in [-0.25, -0.2) is 0 Å². The van der Waals surface area contributed by atoms with Crippen molar-refractivity contribution in [2.75, 3.05) is 5.32 Å². The van der Waals surface area contributed by atoms with E-state index in [1.54, 1.807) is 0 Å². The molecule has 6 heteroatoms. The maximum atomic E-state index is 6.19. The summed E-state index contributed by atoms with van der Waals surface area (Å²) in [6.45, 7) is 2.09. The molecule has 3 rings (SSSR count). The first-order valence-electron chi connectivity index (χ1n) is 6.74. The largest absolute Gasteiger partial charge is 0.354 e. The standard InChI is InChI=1S/C16H13BrClN3S/c1-10(11-6-2-4-8-13(11)17)19-16-20-15(21-22-16)12-7-3-5-9-14(12)18/h2-10H,1H3,(H,19,20,21). The number of halogens is 2. The molecule has 0 bridgehead atoms. The molecule has 0 spiro atoms. The SMILES string of the molecule is CC(Nc1nc(-c2ccccc2Cl)ns1)c1ccccc1Br.